The first-order valence-corrected chi connectivity index (χ1v) is 8.65. The number of alkyl halides is 3. The smallest absolute Gasteiger partial charge is 0.375 e. The zero-order valence-electron chi connectivity index (χ0n) is 14.3. The lowest BCUT2D eigenvalue weighted by Crippen LogP contribution is -2.51. The van der Waals surface area contributed by atoms with E-state index < -0.39 is 24.2 Å². The van der Waals surface area contributed by atoms with E-state index in [0.717, 1.165) is 25.7 Å². The molecule has 2 aliphatic heterocycles. The van der Waals surface area contributed by atoms with Crippen LogP contribution >= 0.6 is 12.4 Å². The molecule has 0 radical (unpaired) electrons. The predicted octanol–water partition coefficient (Wildman–Crippen LogP) is 2.90. The van der Waals surface area contributed by atoms with Crippen molar-refractivity contribution in [2.75, 3.05) is 6.54 Å². The molecule has 146 valence electrons. The fraction of sp³-hybridized carbons (Fsp3) is 0.611. The Bertz CT molecular complexity index is 602. The molecule has 2 aliphatic rings. The van der Waals surface area contributed by atoms with E-state index in [9.17, 15) is 23.1 Å². The Kier molecular flexibility index (Phi) is 6.58. The van der Waals surface area contributed by atoms with E-state index in [2.05, 4.69) is 10.6 Å². The third-order valence-corrected chi connectivity index (χ3v) is 5.31. The quantitative estimate of drug-likeness (QED) is 0.722. The Morgan fingerprint density at radius 3 is 2.27 bits per heavy atom. The first-order chi connectivity index (χ1) is 11.8. The molecule has 0 aliphatic carbocycles. The number of hydrogen-bond acceptors (Lipinski definition) is 3. The van der Waals surface area contributed by atoms with Crippen molar-refractivity contribution in [3.05, 3.63) is 35.9 Å². The fourth-order valence-electron chi connectivity index (χ4n) is 3.98. The van der Waals surface area contributed by atoms with Gasteiger partial charge in [-0.25, -0.2) is 0 Å². The Balaban J connectivity index is 0.00000243. The summed E-state index contributed by atoms with van der Waals surface area (Å²) >= 11 is 0. The van der Waals surface area contributed by atoms with E-state index >= 15 is 0 Å². The number of nitrogens with one attached hydrogen (secondary N) is 2. The minimum absolute atomic E-state index is 0. The minimum atomic E-state index is -4.88. The van der Waals surface area contributed by atoms with Gasteiger partial charge in [-0.1, -0.05) is 30.3 Å². The van der Waals surface area contributed by atoms with E-state index in [1.807, 2.05) is 0 Å². The number of halogens is 4. The standard InChI is InChI=1S/C18H23F3N2O2.ClH/c19-18(20,21)17(25,13-4-2-1-3-5-13)11-22-16(24)10-12-8-14-6-7-15(9-12)23-14;/h1-5,12,14-15,23,25H,6-11H2,(H,22,24);1H. The average Bonchev–Trinajstić information content (AvgIpc) is 2.91. The van der Waals surface area contributed by atoms with E-state index in [-0.39, 0.29) is 30.3 Å². The van der Waals surface area contributed by atoms with Gasteiger partial charge in [0, 0.05) is 18.5 Å². The summed E-state index contributed by atoms with van der Waals surface area (Å²) in [5, 5.41) is 16.0. The van der Waals surface area contributed by atoms with E-state index in [4.69, 9.17) is 0 Å². The highest BCUT2D eigenvalue weighted by atomic mass is 35.5. The third kappa shape index (κ3) is 4.50. The van der Waals surface area contributed by atoms with Gasteiger partial charge in [-0.15, -0.1) is 12.4 Å². The number of rotatable bonds is 5. The summed E-state index contributed by atoms with van der Waals surface area (Å²) in [5.74, 6) is -0.251. The summed E-state index contributed by atoms with van der Waals surface area (Å²) < 4.78 is 40.2. The van der Waals surface area contributed by atoms with Crippen LogP contribution in [0.5, 0.6) is 0 Å². The van der Waals surface area contributed by atoms with Crippen LogP contribution in [0, 0.1) is 5.92 Å². The van der Waals surface area contributed by atoms with Crippen LogP contribution in [0.2, 0.25) is 0 Å². The number of aliphatic hydroxyl groups is 1. The second kappa shape index (κ2) is 8.15. The maximum absolute atomic E-state index is 13.4. The molecule has 0 saturated carbocycles. The van der Waals surface area contributed by atoms with Crippen LogP contribution in [0.15, 0.2) is 30.3 Å². The molecule has 3 N–H and O–H groups in total. The van der Waals surface area contributed by atoms with Crippen molar-refractivity contribution < 1.29 is 23.1 Å². The molecule has 2 saturated heterocycles. The summed E-state index contributed by atoms with van der Waals surface area (Å²) in [7, 11) is 0. The molecule has 3 atom stereocenters. The van der Waals surface area contributed by atoms with Crippen LogP contribution in [-0.4, -0.2) is 35.8 Å². The van der Waals surface area contributed by atoms with Gasteiger partial charge in [-0.05, 0) is 37.2 Å². The number of carbonyl (C=O) groups excluding carboxylic acids is 1. The largest absolute Gasteiger partial charge is 0.423 e. The minimum Gasteiger partial charge on any atom is -0.375 e. The first kappa shape index (κ1) is 21.0. The summed E-state index contributed by atoms with van der Waals surface area (Å²) in [6.07, 6.45) is -0.708. The van der Waals surface area contributed by atoms with Gasteiger partial charge < -0.3 is 15.7 Å². The Morgan fingerprint density at radius 1 is 1.15 bits per heavy atom. The molecular weight excluding hydrogens is 369 g/mol. The Hall–Kier alpha value is -1.31. The molecule has 3 unspecified atom stereocenters. The summed E-state index contributed by atoms with van der Waals surface area (Å²) in [5.41, 5.74) is -3.36. The predicted molar refractivity (Wildman–Crippen MR) is 93.9 cm³/mol. The van der Waals surface area contributed by atoms with Crippen molar-refractivity contribution in [3.8, 4) is 0 Å². The number of carbonyl (C=O) groups is 1. The SMILES string of the molecule is Cl.O=C(CC1CC2CCC(C1)N2)NCC(O)(c1ccccc1)C(F)(F)F. The van der Waals surface area contributed by atoms with Gasteiger partial charge in [-0.2, -0.15) is 13.2 Å². The molecule has 0 aromatic heterocycles. The van der Waals surface area contributed by atoms with Crippen LogP contribution in [0.3, 0.4) is 0 Å². The van der Waals surface area contributed by atoms with Crippen molar-refractivity contribution in [2.45, 2.75) is 56.0 Å². The number of benzene rings is 1. The highest BCUT2D eigenvalue weighted by Crippen LogP contribution is 2.38. The second-order valence-electron chi connectivity index (χ2n) is 7.18. The van der Waals surface area contributed by atoms with Crippen LogP contribution < -0.4 is 10.6 Å². The highest BCUT2D eigenvalue weighted by molar-refractivity contribution is 5.85. The molecular formula is C18H24ClF3N2O2. The fourth-order valence-corrected chi connectivity index (χ4v) is 3.98. The van der Waals surface area contributed by atoms with Gasteiger partial charge in [0.15, 0.2) is 0 Å². The van der Waals surface area contributed by atoms with Gasteiger partial charge in [0.05, 0.1) is 6.54 Å². The summed E-state index contributed by atoms with van der Waals surface area (Å²) in [6, 6.07) is 7.71. The molecule has 4 nitrogen and oxygen atoms in total. The van der Waals surface area contributed by atoms with Crippen LogP contribution in [-0.2, 0) is 10.4 Å². The number of amides is 1. The summed E-state index contributed by atoms with van der Waals surface area (Å²) in [6.45, 7) is -0.878. The van der Waals surface area contributed by atoms with E-state index in [1.165, 1.54) is 24.3 Å². The molecule has 8 heteroatoms. The van der Waals surface area contributed by atoms with Crippen LogP contribution in [0.1, 0.15) is 37.7 Å². The normalized spacial score (nSPS) is 27.3. The van der Waals surface area contributed by atoms with Crippen molar-refractivity contribution in [1.29, 1.82) is 0 Å². The van der Waals surface area contributed by atoms with Gasteiger partial charge in [0.25, 0.3) is 0 Å². The monoisotopic (exact) mass is 392 g/mol. The lowest BCUT2D eigenvalue weighted by molar-refractivity contribution is -0.264. The molecule has 2 heterocycles. The van der Waals surface area contributed by atoms with Gasteiger partial charge in [0.2, 0.25) is 11.5 Å². The molecule has 1 aromatic carbocycles. The highest BCUT2D eigenvalue weighted by Gasteiger charge is 2.55. The zero-order chi connectivity index (χ0) is 18.1. The third-order valence-electron chi connectivity index (χ3n) is 5.31. The van der Waals surface area contributed by atoms with Crippen LogP contribution in [0.25, 0.3) is 0 Å². The van der Waals surface area contributed by atoms with Crippen LogP contribution in [0.4, 0.5) is 13.2 Å². The van der Waals surface area contributed by atoms with Gasteiger partial charge in [0.1, 0.15) is 0 Å². The zero-order valence-corrected chi connectivity index (χ0v) is 15.1. The lowest BCUT2D eigenvalue weighted by Gasteiger charge is -2.32. The van der Waals surface area contributed by atoms with Crippen molar-refractivity contribution in [1.82, 2.24) is 10.6 Å². The number of hydrogen-bond donors (Lipinski definition) is 3. The van der Waals surface area contributed by atoms with Crippen molar-refractivity contribution >= 4 is 18.3 Å². The topological polar surface area (TPSA) is 61.4 Å². The van der Waals surface area contributed by atoms with Gasteiger partial charge >= 0.3 is 6.18 Å². The molecule has 3 rings (SSSR count). The maximum atomic E-state index is 13.4. The van der Waals surface area contributed by atoms with Gasteiger partial charge in [-0.3, -0.25) is 4.79 Å². The second-order valence-corrected chi connectivity index (χ2v) is 7.18. The van der Waals surface area contributed by atoms with E-state index in [0.29, 0.717) is 12.1 Å². The molecule has 0 spiro atoms. The molecule has 2 fully saturated rings. The first-order valence-electron chi connectivity index (χ1n) is 8.65. The maximum Gasteiger partial charge on any atom is 0.423 e. The lowest BCUT2D eigenvalue weighted by atomic mass is 9.89. The molecule has 1 amide bonds. The molecule has 1 aromatic rings. The van der Waals surface area contributed by atoms with E-state index in [1.54, 1.807) is 6.07 Å². The Labute approximate surface area is 157 Å². The number of fused-ring (bicyclic) bond motifs is 2. The molecule has 26 heavy (non-hydrogen) atoms. The average molecular weight is 393 g/mol. The number of piperidine rings is 1. The van der Waals surface area contributed by atoms with Crippen molar-refractivity contribution in [2.24, 2.45) is 5.92 Å². The Morgan fingerprint density at radius 2 is 1.73 bits per heavy atom. The summed E-state index contributed by atoms with van der Waals surface area (Å²) in [4.78, 5) is 12.1. The molecule has 2 bridgehead atoms. The van der Waals surface area contributed by atoms with Crippen molar-refractivity contribution in [3.63, 3.8) is 0 Å².